The van der Waals surface area contributed by atoms with E-state index in [2.05, 4.69) is 46.7 Å². The van der Waals surface area contributed by atoms with Crippen molar-refractivity contribution in [3.63, 3.8) is 0 Å². The number of rotatable bonds is 8. The summed E-state index contributed by atoms with van der Waals surface area (Å²) in [4.78, 5) is 16.8. The van der Waals surface area contributed by atoms with Crippen molar-refractivity contribution in [2.75, 3.05) is 11.9 Å². The lowest BCUT2D eigenvalue weighted by atomic mass is 10.0. The molecular formula is C26H23ClN2O2S. The van der Waals surface area contributed by atoms with E-state index in [9.17, 15) is 4.79 Å². The van der Waals surface area contributed by atoms with E-state index >= 15 is 0 Å². The monoisotopic (exact) mass is 462 g/mol. The molecule has 0 fully saturated rings. The highest BCUT2D eigenvalue weighted by Gasteiger charge is 2.09. The second kappa shape index (κ2) is 10.4. The highest BCUT2D eigenvalue weighted by atomic mass is 35.5. The Bertz CT molecular complexity index is 1190. The summed E-state index contributed by atoms with van der Waals surface area (Å²) >= 11 is 7.45. The van der Waals surface area contributed by atoms with Gasteiger partial charge in [-0.1, -0.05) is 66.2 Å². The van der Waals surface area contributed by atoms with Crippen molar-refractivity contribution in [1.82, 2.24) is 4.98 Å². The minimum absolute atomic E-state index is 0.0683. The Morgan fingerprint density at radius 1 is 1.00 bits per heavy atom. The molecule has 4 aromatic rings. The summed E-state index contributed by atoms with van der Waals surface area (Å²) in [6, 6.07) is 24.1. The lowest BCUT2D eigenvalue weighted by Gasteiger charge is -2.07. The molecule has 1 aromatic heterocycles. The predicted octanol–water partition coefficient (Wildman–Crippen LogP) is 7.24. The first-order valence-corrected chi connectivity index (χ1v) is 11.6. The van der Waals surface area contributed by atoms with Crippen molar-refractivity contribution in [2.24, 2.45) is 0 Å². The number of amides is 1. The van der Waals surface area contributed by atoms with E-state index in [-0.39, 0.29) is 5.91 Å². The van der Waals surface area contributed by atoms with Gasteiger partial charge in [-0.3, -0.25) is 4.79 Å². The van der Waals surface area contributed by atoms with Gasteiger partial charge in [0.1, 0.15) is 5.75 Å². The quantitative estimate of drug-likeness (QED) is 0.281. The molecular weight excluding hydrogens is 440 g/mol. The molecule has 162 valence electrons. The summed E-state index contributed by atoms with van der Waals surface area (Å²) in [5.74, 6) is 0.691. The first-order valence-electron chi connectivity index (χ1n) is 10.4. The zero-order chi connectivity index (χ0) is 22.3. The number of carbonyl (C=O) groups excluding carboxylic acids is 1. The van der Waals surface area contributed by atoms with E-state index < -0.39 is 0 Å². The molecule has 0 atom stereocenters. The number of carbonyl (C=O) groups is 1. The van der Waals surface area contributed by atoms with E-state index in [0.29, 0.717) is 29.6 Å². The van der Waals surface area contributed by atoms with Gasteiger partial charge in [-0.2, -0.15) is 0 Å². The van der Waals surface area contributed by atoms with Gasteiger partial charge in [-0.25, -0.2) is 4.98 Å². The number of benzene rings is 3. The summed E-state index contributed by atoms with van der Waals surface area (Å²) in [5, 5.41) is 6.16. The Morgan fingerprint density at radius 2 is 1.72 bits per heavy atom. The van der Waals surface area contributed by atoms with E-state index in [1.807, 2.05) is 48.7 Å². The average molecular weight is 463 g/mol. The van der Waals surface area contributed by atoms with Gasteiger partial charge in [-0.05, 0) is 48.2 Å². The number of hydrogen-bond acceptors (Lipinski definition) is 4. The Hall–Kier alpha value is -3.15. The van der Waals surface area contributed by atoms with Gasteiger partial charge in [-0.15, -0.1) is 11.3 Å². The van der Waals surface area contributed by atoms with Gasteiger partial charge in [0.25, 0.3) is 0 Å². The molecule has 4 nitrogen and oxygen atoms in total. The molecule has 3 aromatic carbocycles. The molecule has 0 spiro atoms. The zero-order valence-corrected chi connectivity index (χ0v) is 19.2. The van der Waals surface area contributed by atoms with Crippen LogP contribution in [0.2, 0.25) is 5.02 Å². The lowest BCUT2D eigenvalue weighted by Crippen LogP contribution is -2.12. The normalized spacial score (nSPS) is 10.7. The summed E-state index contributed by atoms with van der Waals surface area (Å²) in [7, 11) is 0. The average Bonchev–Trinajstić information content (AvgIpc) is 3.28. The third-order valence-electron chi connectivity index (χ3n) is 4.98. The van der Waals surface area contributed by atoms with Crippen LogP contribution in [0.4, 0.5) is 5.13 Å². The molecule has 0 bridgehead atoms. The van der Waals surface area contributed by atoms with Crippen LogP contribution in [0, 0.1) is 6.92 Å². The van der Waals surface area contributed by atoms with Crippen LogP contribution in [0.15, 0.2) is 78.2 Å². The Kier molecular flexibility index (Phi) is 7.20. The van der Waals surface area contributed by atoms with Crippen LogP contribution in [0.25, 0.3) is 22.4 Å². The molecule has 1 amide bonds. The summed E-state index contributed by atoms with van der Waals surface area (Å²) in [5.41, 5.74) is 5.19. The van der Waals surface area contributed by atoms with E-state index in [0.717, 1.165) is 28.1 Å². The molecule has 0 unspecified atom stereocenters. The van der Waals surface area contributed by atoms with Crippen LogP contribution in [-0.2, 0) is 4.79 Å². The molecule has 1 heterocycles. The third-order valence-corrected chi connectivity index (χ3v) is 6.17. The summed E-state index contributed by atoms with van der Waals surface area (Å²) < 4.78 is 5.69. The number of nitrogens with one attached hydrogen (secondary N) is 1. The fraction of sp³-hybridized carbons (Fsp3) is 0.154. The van der Waals surface area contributed by atoms with Crippen LogP contribution in [0.5, 0.6) is 5.75 Å². The number of halogens is 1. The fourth-order valence-corrected chi connectivity index (χ4v) is 4.09. The van der Waals surface area contributed by atoms with E-state index in [4.69, 9.17) is 16.3 Å². The number of ether oxygens (including phenoxy) is 1. The lowest BCUT2D eigenvalue weighted by molar-refractivity contribution is -0.116. The van der Waals surface area contributed by atoms with Crippen molar-refractivity contribution in [3.8, 4) is 28.1 Å². The topological polar surface area (TPSA) is 51.2 Å². The van der Waals surface area contributed by atoms with E-state index in [1.165, 1.54) is 16.9 Å². The van der Waals surface area contributed by atoms with Gasteiger partial charge in [0.05, 0.1) is 12.3 Å². The number of thiazole rings is 1. The number of aromatic nitrogens is 1. The van der Waals surface area contributed by atoms with Gasteiger partial charge >= 0.3 is 0 Å². The Balaban J connectivity index is 1.26. The maximum atomic E-state index is 12.3. The van der Waals surface area contributed by atoms with Crippen molar-refractivity contribution < 1.29 is 9.53 Å². The number of hydrogen-bond donors (Lipinski definition) is 1. The molecule has 0 saturated carbocycles. The molecule has 0 aliphatic carbocycles. The second-order valence-corrected chi connectivity index (χ2v) is 8.66. The Labute approximate surface area is 196 Å². The van der Waals surface area contributed by atoms with Crippen molar-refractivity contribution in [3.05, 3.63) is 88.8 Å². The van der Waals surface area contributed by atoms with Crippen LogP contribution >= 0.6 is 22.9 Å². The van der Waals surface area contributed by atoms with Crippen LogP contribution in [0.1, 0.15) is 18.4 Å². The number of nitrogens with zero attached hydrogens (tertiary/aromatic N) is 1. The van der Waals surface area contributed by atoms with Crippen molar-refractivity contribution >= 4 is 34.0 Å². The standard InChI is InChI=1S/C26H23ClN2O2S/c1-18-16-22(13-14-23(18)27)31-15-5-8-25(30)29-26-28-24(17-32-26)21-11-9-20(10-12-21)19-6-3-2-4-7-19/h2-4,6-7,9-14,16-17H,5,8,15H2,1H3,(H,28,29,30). The van der Waals surface area contributed by atoms with E-state index in [1.54, 1.807) is 0 Å². The van der Waals surface area contributed by atoms with Gasteiger partial charge in [0.15, 0.2) is 5.13 Å². The van der Waals surface area contributed by atoms with Gasteiger partial charge in [0, 0.05) is 22.4 Å². The molecule has 0 radical (unpaired) electrons. The molecule has 0 saturated heterocycles. The minimum Gasteiger partial charge on any atom is -0.494 e. The highest BCUT2D eigenvalue weighted by molar-refractivity contribution is 7.14. The molecule has 6 heteroatoms. The molecule has 0 aliphatic rings. The maximum absolute atomic E-state index is 12.3. The minimum atomic E-state index is -0.0683. The third kappa shape index (κ3) is 5.75. The number of aryl methyl sites for hydroxylation is 1. The summed E-state index contributed by atoms with van der Waals surface area (Å²) in [6.45, 7) is 2.40. The van der Waals surface area contributed by atoms with Gasteiger partial charge in [0.2, 0.25) is 5.91 Å². The molecule has 4 rings (SSSR count). The van der Waals surface area contributed by atoms with Crippen molar-refractivity contribution in [1.29, 1.82) is 0 Å². The van der Waals surface area contributed by atoms with Crippen LogP contribution in [-0.4, -0.2) is 17.5 Å². The number of anilines is 1. The van der Waals surface area contributed by atoms with Crippen molar-refractivity contribution in [2.45, 2.75) is 19.8 Å². The van der Waals surface area contributed by atoms with Crippen LogP contribution < -0.4 is 10.1 Å². The first-order chi connectivity index (χ1) is 15.6. The zero-order valence-electron chi connectivity index (χ0n) is 17.7. The SMILES string of the molecule is Cc1cc(OCCCC(=O)Nc2nc(-c3ccc(-c4ccccc4)cc3)cs2)ccc1Cl. The fourth-order valence-electron chi connectivity index (χ4n) is 3.24. The molecule has 32 heavy (non-hydrogen) atoms. The molecule has 1 N–H and O–H groups in total. The van der Waals surface area contributed by atoms with Gasteiger partial charge < -0.3 is 10.1 Å². The second-order valence-electron chi connectivity index (χ2n) is 7.39. The first kappa shape index (κ1) is 22.1. The maximum Gasteiger partial charge on any atom is 0.226 e. The smallest absolute Gasteiger partial charge is 0.226 e. The molecule has 0 aliphatic heterocycles. The Morgan fingerprint density at radius 3 is 2.47 bits per heavy atom. The highest BCUT2D eigenvalue weighted by Crippen LogP contribution is 2.28. The predicted molar refractivity (Wildman–Crippen MR) is 133 cm³/mol. The summed E-state index contributed by atoms with van der Waals surface area (Å²) in [6.07, 6.45) is 0.986. The van der Waals surface area contributed by atoms with Crippen LogP contribution in [0.3, 0.4) is 0 Å². The largest absolute Gasteiger partial charge is 0.494 e.